The molecule has 5 rings (SSSR count). The number of piperidine rings is 1. The molecular formula is C30H33ClN2O2S. The normalized spacial score (nSPS) is 15.7. The monoisotopic (exact) mass is 520 g/mol. The van der Waals surface area contributed by atoms with Crippen molar-refractivity contribution in [3.63, 3.8) is 0 Å². The molecule has 0 spiro atoms. The third-order valence-corrected chi connectivity index (χ3v) is 9.75. The van der Waals surface area contributed by atoms with Crippen LogP contribution in [0.4, 0.5) is 0 Å². The Kier molecular flexibility index (Phi) is 6.99. The highest BCUT2D eigenvalue weighted by atomic mass is 35.5. The number of nitrogens with zero attached hydrogens (tertiary/aromatic N) is 2. The fourth-order valence-electron chi connectivity index (χ4n) is 5.51. The Balaban J connectivity index is 1.39. The number of hydrogen-bond donors (Lipinski definition) is 0. The molecule has 3 aromatic carbocycles. The minimum atomic E-state index is -3.48. The van der Waals surface area contributed by atoms with Gasteiger partial charge in [-0.1, -0.05) is 67.9 Å². The molecule has 0 aliphatic carbocycles. The molecule has 0 atom stereocenters. The quantitative estimate of drug-likeness (QED) is 0.267. The Morgan fingerprint density at radius 1 is 0.917 bits per heavy atom. The number of benzene rings is 3. The fraction of sp³-hybridized carbons (Fsp3) is 0.333. The van der Waals surface area contributed by atoms with Gasteiger partial charge in [-0.15, -0.1) is 0 Å². The van der Waals surface area contributed by atoms with Gasteiger partial charge in [0.1, 0.15) is 0 Å². The lowest BCUT2D eigenvalue weighted by atomic mass is 9.88. The Labute approximate surface area is 219 Å². The molecule has 1 fully saturated rings. The van der Waals surface area contributed by atoms with E-state index in [2.05, 4.69) is 61.7 Å². The topological polar surface area (TPSA) is 42.3 Å². The van der Waals surface area contributed by atoms with Gasteiger partial charge in [-0.25, -0.2) is 8.42 Å². The number of para-hydroxylation sites is 1. The van der Waals surface area contributed by atoms with E-state index >= 15 is 0 Å². The predicted octanol–water partition coefficient (Wildman–Crippen LogP) is 7.34. The first kappa shape index (κ1) is 25.1. The number of fused-ring (bicyclic) bond motifs is 1. The Morgan fingerprint density at radius 2 is 1.56 bits per heavy atom. The van der Waals surface area contributed by atoms with Gasteiger partial charge in [0.25, 0.3) is 0 Å². The Morgan fingerprint density at radius 3 is 2.19 bits per heavy atom. The lowest BCUT2D eigenvalue weighted by molar-refractivity contribution is 0.319. The van der Waals surface area contributed by atoms with Crippen molar-refractivity contribution in [1.82, 2.24) is 8.87 Å². The largest absolute Gasteiger partial charge is 0.340 e. The van der Waals surface area contributed by atoms with Crippen molar-refractivity contribution in [2.45, 2.75) is 56.9 Å². The number of rotatable bonds is 6. The van der Waals surface area contributed by atoms with E-state index in [1.165, 1.54) is 27.7 Å². The molecule has 0 bridgehead atoms. The molecule has 36 heavy (non-hydrogen) atoms. The van der Waals surface area contributed by atoms with E-state index in [1.807, 2.05) is 24.3 Å². The van der Waals surface area contributed by atoms with Crippen LogP contribution in [0.1, 0.15) is 60.9 Å². The van der Waals surface area contributed by atoms with E-state index in [1.54, 1.807) is 16.4 Å². The molecular weight excluding hydrogens is 488 g/mol. The van der Waals surface area contributed by atoms with Crippen LogP contribution in [0.3, 0.4) is 0 Å². The van der Waals surface area contributed by atoms with E-state index in [-0.39, 0.29) is 0 Å². The van der Waals surface area contributed by atoms with Gasteiger partial charge in [0, 0.05) is 41.3 Å². The fourth-order valence-corrected chi connectivity index (χ4v) is 7.10. The maximum atomic E-state index is 13.3. The highest BCUT2D eigenvalue weighted by Crippen LogP contribution is 2.38. The highest BCUT2D eigenvalue weighted by Gasteiger charge is 2.32. The number of sulfonamides is 1. The van der Waals surface area contributed by atoms with Crippen LogP contribution in [-0.4, -0.2) is 30.4 Å². The standard InChI is InChI=1S/C30H33ClN2O2S/c1-21(2)24-10-14-27(15-11-24)36(34,35)32-18-16-25(17-19-32)30-22(3)33(29-7-5-4-6-28(29)30)20-23-8-12-26(31)13-9-23/h4-15,21,25H,16-20H2,1-3H3. The SMILES string of the molecule is Cc1c(C2CCN(S(=O)(=O)c3ccc(C(C)C)cc3)CC2)c2ccccc2n1Cc1ccc(Cl)cc1. The van der Waals surface area contributed by atoms with Crippen molar-refractivity contribution >= 4 is 32.5 Å². The second-order valence-corrected chi connectivity index (χ2v) is 12.5. The molecule has 0 unspecified atom stereocenters. The van der Waals surface area contributed by atoms with Crippen molar-refractivity contribution in [3.05, 3.63) is 100 Å². The lowest BCUT2D eigenvalue weighted by Gasteiger charge is -2.31. The van der Waals surface area contributed by atoms with E-state index in [0.29, 0.717) is 29.8 Å². The summed E-state index contributed by atoms with van der Waals surface area (Å²) >= 11 is 6.10. The molecule has 1 saturated heterocycles. The predicted molar refractivity (Wildman–Crippen MR) is 148 cm³/mol. The molecule has 1 aromatic heterocycles. The average molecular weight is 521 g/mol. The zero-order valence-corrected chi connectivity index (χ0v) is 22.7. The van der Waals surface area contributed by atoms with Crippen molar-refractivity contribution in [2.24, 2.45) is 0 Å². The Bertz CT molecular complexity index is 1460. The number of hydrogen-bond acceptors (Lipinski definition) is 2. The van der Waals surface area contributed by atoms with E-state index in [0.717, 1.165) is 30.0 Å². The van der Waals surface area contributed by atoms with Gasteiger partial charge < -0.3 is 4.57 Å². The van der Waals surface area contributed by atoms with Crippen LogP contribution in [0.5, 0.6) is 0 Å². The maximum absolute atomic E-state index is 13.3. The third-order valence-electron chi connectivity index (χ3n) is 7.58. The molecule has 4 nitrogen and oxygen atoms in total. The summed E-state index contributed by atoms with van der Waals surface area (Å²) in [5.41, 5.74) is 6.20. The van der Waals surface area contributed by atoms with Gasteiger partial charge in [-0.05, 0) is 78.6 Å². The highest BCUT2D eigenvalue weighted by molar-refractivity contribution is 7.89. The first-order valence-electron chi connectivity index (χ1n) is 12.7. The first-order chi connectivity index (χ1) is 17.3. The molecule has 2 heterocycles. The summed E-state index contributed by atoms with van der Waals surface area (Å²) in [7, 11) is -3.48. The van der Waals surface area contributed by atoms with E-state index in [9.17, 15) is 8.42 Å². The van der Waals surface area contributed by atoms with Crippen molar-refractivity contribution in [2.75, 3.05) is 13.1 Å². The maximum Gasteiger partial charge on any atom is 0.243 e. The molecule has 0 N–H and O–H groups in total. The summed E-state index contributed by atoms with van der Waals surface area (Å²) in [6.07, 6.45) is 1.64. The molecule has 188 valence electrons. The molecule has 6 heteroatoms. The summed E-state index contributed by atoms with van der Waals surface area (Å²) in [6, 6.07) is 24.0. The molecule has 0 radical (unpaired) electrons. The average Bonchev–Trinajstić information content (AvgIpc) is 3.16. The van der Waals surface area contributed by atoms with Gasteiger partial charge in [-0.2, -0.15) is 4.31 Å². The minimum Gasteiger partial charge on any atom is -0.340 e. The zero-order chi connectivity index (χ0) is 25.4. The number of halogens is 1. The smallest absolute Gasteiger partial charge is 0.243 e. The van der Waals surface area contributed by atoms with Gasteiger partial charge in [-0.3, -0.25) is 0 Å². The number of aromatic nitrogens is 1. The van der Waals surface area contributed by atoms with Crippen LogP contribution >= 0.6 is 11.6 Å². The molecule has 0 amide bonds. The van der Waals surface area contributed by atoms with Crippen molar-refractivity contribution in [3.8, 4) is 0 Å². The third kappa shape index (κ3) is 4.72. The summed E-state index contributed by atoms with van der Waals surface area (Å²) in [5, 5.41) is 2.01. The summed E-state index contributed by atoms with van der Waals surface area (Å²) in [4.78, 5) is 0.390. The summed E-state index contributed by atoms with van der Waals surface area (Å²) in [5.74, 6) is 0.707. The van der Waals surface area contributed by atoms with Crippen LogP contribution in [0, 0.1) is 6.92 Å². The van der Waals surface area contributed by atoms with Crippen LogP contribution in [0.25, 0.3) is 10.9 Å². The molecule has 1 aliphatic heterocycles. The second-order valence-electron chi connectivity index (χ2n) is 10.1. The minimum absolute atomic E-state index is 0.330. The van der Waals surface area contributed by atoms with Crippen molar-refractivity contribution in [1.29, 1.82) is 0 Å². The first-order valence-corrected chi connectivity index (χ1v) is 14.5. The van der Waals surface area contributed by atoms with Gasteiger partial charge in [0.15, 0.2) is 0 Å². The van der Waals surface area contributed by atoms with Gasteiger partial charge in [0.2, 0.25) is 10.0 Å². The molecule has 1 aliphatic rings. The van der Waals surface area contributed by atoms with Crippen LogP contribution in [0.2, 0.25) is 5.02 Å². The molecule has 0 saturated carbocycles. The zero-order valence-electron chi connectivity index (χ0n) is 21.1. The van der Waals surface area contributed by atoms with Gasteiger partial charge in [0.05, 0.1) is 4.90 Å². The summed E-state index contributed by atoms with van der Waals surface area (Å²) in [6.45, 7) is 8.28. The van der Waals surface area contributed by atoms with E-state index in [4.69, 9.17) is 11.6 Å². The van der Waals surface area contributed by atoms with Crippen LogP contribution in [0.15, 0.2) is 77.7 Å². The van der Waals surface area contributed by atoms with Gasteiger partial charge >= 0.3 is 0 Å². The van der Waals surface area contributed by atoms with Crippen LogP contribution in [-0.2, 0) is 16.6 Å². The van der Waals surface area contributed by atoms with E-state index < -0.39 is 10.0 Å². The Hall–Kier alpha value is -2.60. The molecule has 4 aromatic rings. The summed E-state index contributed by atoms with van der Waals surface area (Å²) < 4.78 is 30.7. The van der Waals surface area contributed by atoms with Crippen molar-refractivity contribution < 1.29 is 8.42 Å². The second kappa shape index (κ2) is 10.0. The van der Waals surface area contributed by atoms with Crippen LogP contribution < -0.4 is 0 Å². The lowest BCUT2D eigenvalue weighted by Crippen LogP contribution is -2.38.